The zero-order valence-corrected chi connectivity index (χ0v) is 10.4. The molecule has 0 bridgehead atoms. The Morgan fingerprint density at radius 1 is 1.36 bits per heavy atom. The van der Waals surface area contributed by atoms with Gasteiger partial charge in [0.05, 0.1) is 11.6 Å². The zero-order valence-electron chi connectivity index (χ0n) is 9.54. The molecule has 0 saturated carbocycles. The van der Waals surface area contributed by atoms with Crippen molar-refractivity contribution in [1.29, 1.82) is 0 Å². The first-order valence-electron chi connectivity index (χ1n) is 5.98. The third-order valence-electron chi connectivity index (χ3n) is 3.01. The number of unbranched alkanes of at least 4 members (excludes halogenated alkanes) is 4. The van der Waals surface area contributed by atoms with Crippen LogP contribution in [0.25, 0.3) is 0 Å². The molecule has 0 aliphatic carbocycles. The number of hydrogen-bond donors (Lipinski definition) is 0. The number of nitrogens with zero attached hydrogens (tertiary/aromatic N) is 1. The maximum Gasteiger partial charge on any atom is 0.0625 e. The topological polar surface area (TPSA) is 12.4 Å². The van der Waals surface area contributed by atoms with Gasteiger partial charge in [-0.15, -0.1) is 11.8 Å². The van der Waals surface area contributed by atoms with Crippen LogP contribution in [0, 0.1) is 5.92 Å². The van der Waals surface area contributed by atoms with Crippen LogP contribution in [0.1, 0.15) is 52.4 Å². The monoisotopic (exact) mass is 213 g/mol. The van der Waals surface area contributed by atoms with Crippen molar-refractivity contribution in [3.63, 3.8) is 0 Å². The average molecular weight is 213 g/mol. The van der Waals surface area contributed by atoms with Gasteiger partial charge in [-0.1, -0.05) is 46.0 Å². The van der Waals surface area contributed by atoms with E-state index in [0.29, 0.717) is 6.04 Å². The van der Waals surface area contributed by atoms with E-state index in [4.69, 9.17) is 0 Å². The van der Waals surface area contributed by atoms with Crippen LogP contribution in [0.15, 0.2) is 4.99 Å². The SMILES string of the molecule is CCCCCCCC(C)C1CSC=N1. The lowest BCUT2D eigenvalue weighted by molar-refractivity contribution is 0.433. The summed E-state index contributed by atoms with van der Waals surface area (Å²) in [5, 5.41) is 0. The lowest BCUT2D eigenvalue weighted by Crippen LogP contribution is -2.15. The van der Waals surface area contributed by atoms with Gasteiger partial charge in [-0.3, -0.25) is 4.99 Å². The highest BCUT2D eigenvalue weighted by Crippen LogP contribution is 2.23. The Bertz CT molecular complexity index is 168. The summed E-state index contributed by atoms with van der Waals surface area (Å²) >= 11 is 1.87. The molecule has 0 aromatic rings. The Labute approximate surface area is 92.8 Å². The predicted molar refractivity (Wildman–Crippen MR) is 67.3 cm³/mol. The first-order chi connectivity index (χ1) is 6.84. The van der Waals surface area contributed by atoms with Crippen LogP contribution in [0.5, 0.6) is 0 Å². The van der Waals surface area contributed by atoms with Crippen molar-refractivity contribution in [2.45, 2.75) is 58.4 Å². The van der Waals surface area contributed by atoms with Gasteiger partial charge in [-0.25, -0.2) is 0 Å². The molecule has 1 aliphatic rings. The van der Waals surface area contributed by atoms with Crippen LogP contribution >= 0.6 is 11.8 Å². The molecule has 0 saturated heterocycles. The summed E-state index contributed by atoms with van der Waals surface area (Å²) in [5.41, 5.74) is 2.03. The van der Waals surface area contributed by atoms with E-state index in [-0.39, 0.29) is 0 Å². The van der Waals surface area contributed by atoms with Crippen molar-refractivity contribution in [2.24, 2.45) is 10.9 Å². The fourth-order valence-electron chi connectivity index (χ4n) is 1.88. The number of hydrogen-bond acceptors (Lipinski definition) is 2. The van der Waals surface area contributed by atoms with Gasteiger partial charge in [-0.2, -0.15) is 0 Å². The minimum atomic E-state index is 0.617. The summed E-state index contributed by atoms with van der Waals surface area (Å²) in [6.45, 7) is 4.63. The van der Waals surface area contributed by atoms with Crippen molar-refractivity contribution in [1.82, 2.24) is 0 Å². The summed E-state index contributed by atoms with van der Waals surface area (Å²) in [7, 11) is 0. The summed E-state index contributed by atoms with van der Waals surface area (Å²) < 4.78 is 0. The molecule has 1 aliphatic heterocycles. The average Bonchev–Trinajstić information content (AvgIpc) is 2.70. The van der Waals surface area contributed by atoms with Gasteiger partial charge in [-0.05, 0) is 12.3 Å². The van der Waals surface area contributed by atoms with Crippen LogP contribution in [-0.2, 0) is 0 Å². The second-order valence-electron chi connectivity index (χ2n) is 4.34. The highest BCUT2D eigenvalue weighted by atomic mass is 32.2. The predicted octanol–water partition coefficient (Wildman–Crippen LogP) is 4.13. The minimum Gasteiger partial charge on any atom is -0.282 e. The van der Waals surface area contributed by atoms with Gasteiger partial charge >= 0.3 is 0 Å². The fourth-order valence-corrected chi connectivity index (χ4v) is 2.82. The van der Waals surface area contributed by atoms with Crippen molar-refractivity contribution < 1.29 is 0 Å². The number of aliphatic imine (C=N–C) groups is 1. The fraction of sp³-hybridized carbons (Fsp3) is 0.917. The van der Waals surface area contributed by atoms with Gasteiger partial charge in [0.1, 0.15) is 0 Å². The Kier molecular flexibility index (Phi) is 6.33. The first-order valence-corrected chi connectivity index (χ1v) is 7.02. The van der Waals surface area contributed by atoms with E-state index < -0.39 is 0 Å². The summed E-state index contributed by atoms with van der Waals surface area (Å²) in [6, 6.07) is 0.617. The highest BCUT2D eigenvalue weighted by Gasteiger charge is 2.18. The van der Waals surface area contributed by atoms with E-state index in [9.17, 15) is 0 Å². The molecule has 0 N–H and O–H groups in total. The summed E-state index contributed by atoms with van der Waals surface area (Å²) in [6.07, 6.45) is 8.36. The molecule has 0 fully saturated rings. The van der Waals surface area contributed by atoms with Crippen LogP contribution in [0.4, 0.5) is 0 Å². The van der Waals surface area contributed by atoms with Gasteiger partial charge < -0.3 is 0 Å². The largest absolute Gasteiger partial charge is 0.282 e. The third kappa shape index (κ3) is 4.50. The molecule has 1 heterocycles. The Morgan fingerprint density at radius 3 is 2.79 bits per heavy atom. The maximum atomic E-state index is 4.49. The van der Waals surface area contributed by atoms with E-state index in [0.717, 1.165) is 5.92 Å². The lowest BCUT2D eigenvalue weighted by atomic mass is 9.96. The van der Waals surface area contributed by atoms with Crippen LogP contribution in [0.2, 0.25) is 0 Å². The van der Waals surface area contributed by atoms with E-state index in [1.54, 1.807) is 0 Å². The van der Waals surface area contributed by atoms with Crippen LogP contribution < -0.4 is 0 Å². The molecule has 0 aromatic heterocycles. The molecular formula is C12H23NS. The highest BCUT2D eigenvalue weighted by molar-refractivity contribution is 8.12. The normalized spacial score (nSPS) is 22.9. The maximum absolute atomic E-state index is 4.49. The molecule has 2 heteroatoms. The smallest absolute Gasteiger partial charge is 0.0625 e. The van der Waals surface area contributed by atoms with Crippen molar-refractivity contribution >= 4 is 17.3 Å². The van der Waals surface area contributed by atoms with E-state index in [2.05, 4.69) is 18.8 Å². The second kappa shape index (κ2) is 7.33. The van der Waals surface area contributed by atoms with Crippen LogP contribution in [-0.4, -0.2) is 17.3 Å². The minimum absolute atomic E-state index is 0.617. The Hall–Kier alpha value is 0.0200. The van der Waals surface area contributed by atoms with E-state index >= 15 is 0 Å². The zero-order chi connectivity index (χ0) is 10.2. The molecule has 0 aromatic carbocycles. The molecule has 0 amide bonds. The van der Waals surface area contributed by atoms with Crippen molar-refractivity contribution in [3.8, 4) is 0 Å². The summed E-state index contributed by atoms with van der Waals surface area (Å²) in [5.74, 6) is 2.01. The molecule has 2 atom stereocenters. The Morgan fingerprint density at radius 2 is 2.14 bits per heavy atom. The molecule has 14 heavy (non-hydrogen) atoms. The summed E-state index contributed by atoms with van der Waals surface area (Å²) in [4.78, 5) is 4.49. The van der Waals surface area contributed by atoms with Gasteiger partial charge in [0, 0.05) is 5.75 Å². The van der Waals surface area contributed by atoms with Crippen molar-refractivity contribution in [2.75, 3.05) is 5.75 Å². The van der Waals surface area contributed by atoms with E-state index in [1.165, 1.54) is 44.3 Å². The Balaban J connectivity index is 1.97. The molecule has 2 unspecified atom stereocenters. The quantitative estimate of drug-likeness (QED) is 0.579. The molecule has 0 spiro atoms. The lowest BCUT2D eigenvalue weighted by Gasteiger charge is -2.15. The second-order valence-corrected chi connectivity index (χ2v) is 5.21. The molecule has 82 valence electrons. The van der Waals surface area contributed by atoms with Crippen molar-refractivity contribution in [3.05, 3.63) is 0 Å². The molecule has 1 rings (SSSR count). The van der Waals surface area contributed by atoms with Crippen LogP contribution in [0.3, 0.4) is 0 Å². The van der Waals surface area contributed by atoms with Gasteiger partial charge in [0.2, 0.25) is 0 Å². The van der Waals surface area contributed by atoms with Gasteiger partial charge in [0.25, 0.3) is 0 Å². The first kappa shape index (κ1) is 12.1. The standard InChI is InChI=1S/C12H23NS/c1-3-4-5-6-7-8-11(2)12-9-14-10-13-12/h10-12H,3-9H2,1-2H3. The molecular weight excluding hydrogens is 190 g/mol. The number of rotatable bonds is 7. The van der Waals surface area contributed by atoms with E-state index in [1.807, 2.05) is 17.3 Å². The van der Waals surface area contributed by atoms with Gasteiger partial charge in [0.15, 0.2) is 0 Å². The third-order valence-corrected chi connectivity index (χ3v) is 3.82. The molecule has 0 radical (unpaired) electrons. The number of thioether (sulfide) groups is 1. The molecule has 1 nitrogen and oxygen atoms in total.